The zero-order valence-electron chi connectivity index (χ0n) is 6.66. The second kappa shape index (κ2) is 3.20. The fourth-order valence-electron chi connectivity index (χ4n) is 1.88. The molecule has 1 saturated carbocycles. The Hall–Kier alpha value is -0.595. The first-order valence-electron chi connectivity index (χ1n) is 4.43. The largest absolute Gasteiger partial charge is 0.597 e. The van der Waals surface area contributed by atoms with E-state index in [-0.39, 0.29) is 7.12 Å². The maximum absolute atomic E-state index is 5.29. The molecule has 0 bridgehead atoms. The Bertz CT molecular complexity index is 144. The van der Waals surface area contributed by atoms with E-state index in [1.165, 1.54) is 32.1 Å². The van der Waals surface area contributed by atoms with Crippen LogP contribution in [0.2, 0.25) is 5.82 Å². The van der Waals surface area contributed by atoms with Gasteiger partial charge in [0.05, 0.1) is 12.5 Å². The highest BCUT2D eigenvalue weighted by molar-refractivity contribution is 6.47. The van der Waals surface area contributed by atoms with Crippen molar-refractivity contribution in [2.45, 2.75) is 37.9 Å². The van der Waals surface area contributed by atoms with Crippen LogP contribution in [-0.2, 0) is 9.31 Å². The van der Waals surface area contributed by atoms with Crippen LogP contribution < -0.4 is 0 Å². The highest BCUT2D eigenvalue weighted by Gasteiger charge is 2.35. The zero-order chi connectivity index (χ0) is 7.52. The summed E-state index contributed by atoms with van der Waals surface area (Å²) in [4.78, 5) is 0. The normalized spacial score (nSPS) is 24.9. The summed E-state index contributed by atoms with van der Waals surface area (Å²) in [7, 11) is 0.0373. The Labute approximate surface area is 67.7 Å². The average Bonchev–Trinajstić information content (AvgIpc) is 2.58. The van der Waals surface area contributed by atoms with Gasteiger partial charge in [0.25, 0.3) is 0 Å². The molecule has 0 saturated heterocycles. The van der Waals surface area contributed by atoms with E-state index in [0.717, 1.165) is 0 Å². The summed E-state index contributed by atoms with van der Waals surface area (Å²) in [5.41, 5.74) is 0. The highest BCUT2D eigenvalue weighted by Crippen LogP contribution is 2.33. The van der Waals surface area contributed by atoms with Crippen LogP contribution in [0, 0.1) is 0 Å². The summed E-state index contributed by atoms with van der Waals surface area (Å²) in [6, 6.07) is 0. The molecule has 2 rings (SSSR count). The van der Waals surface area contributed by atoms with E-state index >= 15 is 0 Å². The van der Waals surface area contributed by atoms with Gasteiger partial charge in [-0.1, -0.05) is 19.3 Å². The van der Waals surface area contributed by atoms with Crippen LogP contribution in [-0.4, -0.2) is 7.12 Å². The molecule has 0 atom stereocenters. The third-order valence-corrected chi connectivity index (χ3v) is 2.52. The summed E-state index contributed by atoms with van der Waals surface area (Å²) in [6.07, 6.45) is 9.91. The summed E-state index contributed by atoms with van der Waals surface area (Å²) in [6.45, 7) is 0. The van der Waals surface area contributed by atoms with Crippen molar-refractivity contribution in [3.8, 4) is 0 Å². The molecule has 1 fully saturated rings. The van der Waals surface area contributed by atoms with Crippen molar-refractivity contribution in [2.75, 3.05) is 0 Å². The molecule has 0 amide bonds. The number of rotatable bonds is 1. The van der Waals surface area contributed by atoms with Gasteiger partial charge in [0.15, 0.2) is 0 Å². The van der Waals surface area contributed by atoms with Crippen LogP contribution in [0.3, 0.4) is 0 Å². The zero-order valence-corrected chi connectivity index (χ0v) is 6.66. The predicted octanol–water partition coefficient (Wildman–Crippen LogP) is 2.33. The van der Waals surface area contributed by atoms with Gasteiger partial charge in [-0.3, -0.25) is 0 Å². The standard InChI is InChI=1S/C8H13BO2/c1-2-4-8(5-3-1)9-10-6-7-11-9/h6-8H,1-5H2. The van der Waals surface area contributed by atoms with Crippen molar-refractivity contribution in [3.05, 3.63) is 12.5 Å². The number of hydrogen-bond acceptors (Lipinski definition) is 2. The van der Waals surface area contributed by atoms with Crippen molar-refractivity contribution in [2.24, 2.45) is 0 Å². The Morgan fingerprint density at radius 3 is 2.27 bits per heavy atom. The van der Waals surface area contributed by atoms with Crippen LogP contribution in [0.5, 0.6) is 0 Å². The van der Waals surface area contributed by atoms with Gasteiger partial charge in [0.2, 0.25) is 0 Å². The lowest BCUT2D eigenvalue weighted by atomic mass is 9.65. The lowest BCUT2D eigenvalue weighted by molar-refractivity contribution is 0.353. The highest BCUT2D eigenvalue weighted by atomic mass is 16.6. The van der Waals surface area contributed by atoms with Crippen LogP contribution >= 0.6 is 0 Å². The van der Waals surface area contributed by atoms with E-state index in [4.69, 9.17) is 9.31 Å². The van der Waals surface area contributed by atoms with Crippen LogP contribution in [0.4, 0.5) is 0 Å². The number of hydrogen-bond donors (Lipinski definition) is 0. The minimum Gasteiger partial charge on any atom is -0.529 e. The van der Waals surface area contributed by atoms with E-state index in [1.807, 2.05) is 0 Å². The van der Waals surface area contributed by atoms with Crippen LogP contribution in [0.1, 0.15) is 32.1 Å². The first-order valence-corrected chi connectivity index (χ1v) is 4.43. The maximum Gasteiger partial charge on any atom is 0.597 e. The molecule has 2 aliphatic rings. The third-order valence-electron chi connectivity index (χ3n) is 2.52. The first kappa shape index (κ1) is 7.08. The smallest absolute Gasteiger partial charge is 0.529 e. The molecule has 60 valence electrons. The monoisotopic (exact) mass is 152 g/mol. The molecule has 0 aromatic rings. The maximum atomic E-state index is 5.29. The van der Waals surface area contributed by atoms with Crippen LogP contribution in [0.15, 0.2) is 12.5 Å². The molecule has 0 aromatic heterocycles. The first-order chi connectivity index (χ1) is 5.47. The summed E-state index contributed by atoms with van der Waals surface area (Å²) >= 11 is 0. The summed E-state index contributed by atoms with van der Waals surface area (Å²) < 4.78 is 10.6. The average molecular weight is 152 g/mol. The van der Waals surface area contributed by atoms with Crippen molar-refractivity contribution < 1.29 is 9.31 Å². The topological polar surface area (TPSA) is 18.5 Å². The fraction of sp³-hybridized carbons (Fsp3) is 0.750. The molecular weight excluding hydrogens is 139 g/mol. The molecule has 11 heavy (non-hydrogen) atoms. The molecule has 0 aromatic carbocycles. The second-order valence-corrected chi connectivity index (χ2v) is 3.31. The van der Waals surface area contributed by atoms with Gasteiger partial charge in [0, 0.05) is 5.82 Å². The van der Waals surface area contributed by atoms with Gasteiger partial charge >= 0.3 is 7.12 Å². The lowest BCUT2D eigenvalue weighted by Gasteiger charge is -2.21. The quantitative estimate of drug-likeness (QED) is 0.536. The van der Waals surface area contributed by atoms with E-state index < -0.39 is 0 Å². The minimum atomic E-state index is 0.0373. The van der Waals surface area contributed by atoms with Crippen LogP contribution in [0.25, 0.3) is 0 Å². The molecule has 0 spiro atoms. The van der Waals surface area contributed by atoms with Gasteiger partial charge in [-0.25, -0.2) is 0 Å². The molecule has 0 radical (unpaired) electrons. The molecule has 2 nitrogen and oxygen atoms in total. The van der Waals surface area contributed by atoms with Crippen molar-refractivity contribution in [1.82, 2.24) is 0 Å². The van der Waals surface area contributed by atoms with E-state index in [0.29, 0.717) is 5.82 Å². The Kier molecular flexibility index (Phi) is 2.06. The molecule has 3 heteroatoms. The van der Waals surface area contributed by atoms with E-state index in [9.17, 15) is 0 Å². The lowest BCUT2D eigenvalue weighted by Crippen LogP contribution is -2.24. The molecule has 1 aliphatic carbocycles. The Morgan fingerprint density at radius 1 is 1.00 bits per heavy atom. The third kappa shape index (κ3) is 1.52. The van der Waals surface area contributed by atoms with E-state index in [1.54, 1.807) is 12.5 Å². The SMILES string of the molecule is C1=COB(C2CCCCC2)O1. The summed E-state index contributed by atoms with van der Waals surface area (Å²) in [5.74, 6) is 0.638. The van der Waals surface area contributed by atoms with Crippen molar-refractivity contribution in [3.63, 3.8) is 0 Å². The molecule has 0 N–H and O–H groups in total. The van der Waals surface area contributed by atoms with Gasteiger partial charge in [-0.05, 0) is 12.8 Å². The van der Waals surface area contributed by atoms with Gasteiger partial charge in [-0.2, -0.15) is 0 Å². The van der Waals surface area contributed by atoms with Gasteiger partial charge in [-0.15, -0.1) is 0 Å². The fourth-order valence-corrected chi connectivity index (χ4v) is 1.88. The summed E-state index contributed by atoms with van der Waals surface area (Å²) in [5, 5.41) is 0. The molecule has 1 heterocycles. The minimum absolute atomic E-state index is 0.0373. The van der Waals surface area contributed by atoms with Gasteiger partial charge < -0.3 is 9.31 Å². The Balaban J connectivity index is 1.83. The molecule has 0 unspecified atom stereocenters. The predicted molar refractivity (Wildman–Crippen MR) is 43.9 cm³/mol. The van der Waals surface area contributed by atoms with E-state index in [2.05, 4.69) is 0 Å². The molecular formula is C8H13BO2. The second-order valence-electron chi connectivity index (χ2n) is 3.31. The van der Waals surface area contributed by atoms with Gasteiger partial charge in [0.1, 0.15) is 0 Å². The molecule has 1 aliphatic heterocycles. The Morgan fingerprint density at radius 2 is 1.64 bits per heavy atom. The van der Waals surface area contributed by atoms with Crippen molar-refractivity contribution >= 4 is 7.12 Å². The van der Waals surface area contributed by atoms with Crippen molar-refractivity contribution in [1.29, 1.82) is 0 Å².